The summed E-state index contributed by atoms with van der Waals surface area (Å²) < 4.78 is 17.3. The monoisotopic (exact) mass is 239 g/mol. The molecule has 0 aromatic carbocycles. The van der Waals surface area contributed by atoms with Gasteiger partial charge in [-0.15, -0.1) is 12.4 Å². The first-order valence-electron chi connectivity index (χ1n) is 4.69. The number of carbonyl (C=O) groups excluding carboxylic acids is 2. The van der Waals surface area contributed by atoms with Crippen molar-refractivity contribution in [2.75, 3.05) is 13.2 Å². The van der Waals surface area contributed by atoms with Crippen molar-refractivity contribution in [3.63, 3.8) is 0 Å². The van der Waals surface area contributed by atoms with E-state index in [0.29, 0.717) is 0 Å². The third-order valence-electron chi connectivity index (χ3n) is 2.09. The predicted octanol–water partition coefficient (Wildman–Crippen LogP) is 0.631. The van der Waals surface area contributed by atoms with Crippen LogP contribution in [0.4, 0.5) is 4.39 Å². The predicted molar refractivity (Wildman–Crippen MR) is 54.8 cm³/mol. The zero-order chi connectivity index (χ0) is 10.6. The first kappa shape index (κ1) is 14.3. The topological polar surface area (TPSA) is 55.4 Å². The number of carbonyl (C=O) groups is 2. The summed E-state index contributed by atoms with van der Waals surface area (Å²) >= 11 is 0. The van der Waals surface area contributed by atoms with E-state index in [0.717, 1.165) is 0 Å². The smallest absolute Gasteiger partial charge is 0.313 e. The van der Waals surface area contributed by atoms with Gasteiger partial charge in [0.1, 0.15) is 12.6 Å². The number of alkyl halides is 1. The molecule has 0 saturated carbocycles. The van der Waals surface area contributed by atoms with Gasteiger partial charge in [-0.25, -0.2) is 4.39 Å². The Bertz CT molecular complexity index is 237. The Balaban J connectivity index is 0.00000196. The van der Waals surface area contributed by atoms with Gasteiger partial charge in [-0.3, -0.25) is 9.59 Å². The van der Waals surface area contributed by atoms with Crippen LogP contribution in [0.25, 0.3) is 0 Å². The molecule has 1 fully saturated rings. The maximum atomic E-state index is 12.7. The highest BCUT2D eigenvalue weighted by Crippen LogP contribution is 2.12. The molecule has 0 radical (unpaired) electrons. The number of halogens is 2. The Morgan fingerprint density at radius 3 is 2.67 bits per heavy atom. The summed E-state index contributed by atoms with van der Waals surface area (Å²) in [7, 11) is 0. The number of hydrogen-bond donors (Lipinski definition) is 1. The second-order valence-corrected chi connectivity index (χ2v) is 3.24. The van der Waals surface area contributed by atoms with Gasteiger partial charge in [0.05, 0.1) is 12.6 Å². The lowest BCUT2D eigenvalue weighted by atomic mass is 10.1. The average Bonchev–Trinajstić information content (AvgIpc) is 2.52. The first-order chi connectivity index (χ1) is 6.63. The van der Waals surface area contributed by atoms with Gasteiger partial charge in [0.15, 0.2) is 5.78 Å². The van der Waals surface area contributed by atoms with Crippen molar-refractivity contribution in [2.24, 2.45) is 0 Å². The second kappa shape index (κ2) is 6.74. The fourth-order valence-corrected chi connectivity index (χ4v) is 1.42. The van der Waals surface area contributed by atoms with Crippen LogP contribution in [-0.4, -0.2) is 37.1 Å². The minimum absolute atomic E-state index is 0. The number of Topliss-reactive ketones (excluding diaryl/α,β-unsaturated/α-hetero) is 1. The number of ether oxygens (including phenoxy) is 1. The zero-order valence-corrected chi connectivity index (χ0v) is 9.31. The fraction of sp³-hybridized carbons (Fsp3) is 0.778. The van der Waals surface area contributed by atoms with Crippen molar-refractivity contribution in [3.05, 3.63) is 0 Å². The molecule has 0 bridgehead atoms. The zero-order valence-electron chi connectivity index (χ0n) is 8.49. The summed E-state index contributed by atoms with van der Waals surface area (Å²) in [6.45, 7) is 2.13. The standard InChI is InChI=1S/C9H14FNO3.ClH/c1-2-14-9(13)4-8(12)7-3-6(10)5-11-7;/h6-7,11H,2-5H2,1H3;1H/t6-,7?;/m1./s1. The molecule has 4 nitrogen and oxygen atoms in total. The minimum Gasteiger partial charge on any atom is -0.466 e. The van der Waals surface area contributed by atoms with Crippen molar-refractivity contribution in [1.29, 1.82) is 0 Å². The number of hydrogen-bond acceptors (Lipinski definition) is 4. The molecule has 0 spiro atoms. The lowest BCUT2D eigenvalue weighted by Gasteiger charge is -2.07. The molecule has 6 heteroatoms. The van der Waals surface area contributed by atoms with E-state index in [-0.39, 0.29) is 44.2 Å². The van der Waals surface area contributed by atoms with E-state index in [9.17, 15) is 14.0 Å². The molecule has 1 saturated heterocycles. The molecule has 15 heavy (non-hydrogen) atoms. The van der Waals surface area contributed by atoms with Crippen LogP contribution in [-0.2, 0) is 14.3 Å². The molecule has 1 unspecified atom stereocenters. The van der Waals surface area contributed by atoms with E-state index in [1.165, 1.54) is 0 Å². The average molecular weight is 240 g/mol. The van der Waals surface area contributed by atoms with Gasteiger partial charge < -0.3 is 10.1 Å². The molecule has 1 heterocycles. The van der Waals surface area contributed by atoms with Gasteiger partial charge in [-0.2, -0.15) is 0 Å². The molecule has 2 atom stereocenters. The van der Waals surface area contributed by atoms with Crippen molar-refractivity contribution in [1.82, 2.24) is 5.32 Å². The van der Waals surface area contributed by atoms with Gasteiger partial charge in [-0.1, -0.05) is 0 Å². The van der Waals surface area contributed by atoms with Gasteiger partial charge in [-0.05, 0) is 6.92 Å². The molecule has 0 aliphatic carbocycles. The van der Waals surface area contributed by atoms with Crippen molar-refractivity contribution >= 4 is 24.2 Å². The Morgan fingerprint density at radius 1 is 1.53 bits per heavy atom. The summed E-state index contributed by atoms with van der Waals surface area (Å²) in [5, 5.41) is 2.72. The van der Waals surface area contributed by atoms with Crippen LogP contribution in [0.5, 0.6) is 0 Å². The van der Waals surface area contributed by atoms with E-state index in [4.69, 9.17) is 0 Å². The van der Waals surface area contributed by atoms with Crippen LogP contribution < -0.4 is 5.32 Å². The van der Waals surface area contributed by atoms with Gasteiger partial charge in [0.2, 0.25) is 0 Å². The van der Waals surface area contributed by atoms with Crippen molar-refractivity contribution in [2.45, 2.75) is 32.0 Å². The number of rotatable bonds is 4. The summed E-state index contributed by atoms with van der Waals surface area (Å²) in [6, 6.07) is -0.519. The third-order valence-corrected chi connectivity index (χ3v) is 2.09. The van der Waals surface area contributed by atoms with Crippen LogP contribution in [0.2, 0.25) is 0 Å². The molecule has 0 aromatic rings. The Hall–Kier alpha value is -0.680. The first-order valence-corrected chi connectivity index (χ1v) is 4.69. The highest BCUT2D eigenvalue weighted by molar-refractivity contribution is 5.98. The molecule has 1 aliphatic rings. The van der Waals surface area contributed by atoms with E-state index < -0.39 is 18.2 Å². The van der Waals surface area contributed by atoms with Crippen LogP contribution in [0.1, 0.15) is 19.8 Å². The van der Waals surface area contributed by atoms with Crippen LogP contribution in [0.3, 0.4) is 0 Å². The highest BCUT2D eigenvalue weighted by Gasteiger charge is 2.30. The molecular formula is C9H15ClFNO3. The van der Waals surface area contributed by atoms with E-state index >= 15 is 0 Å². The highest BCUT2D eigenvalue weighted by atomic mass is 35.5. The summed E-state index contributed by atoms with van der Waals surface area (Å²) in [5.41, 5.74) is 0. The van der Waals surface area contributed by atoms with Crippen LogP contribution in [0.15, 0.2) is 0 Å². The molecule has 88 valence electrons. The SMILES string of the molecule is CCOC(=O)CC(=O)C1C[C@@H](F)CN1.Cl. The fourth-order valence-electron chi connectivity index (χ4n) is 1.42. The molecular weight excluding hydrogens is 225 g/mol. The second-order valence-electron chi connectivity index (χ2n) is 3.24. The van der Waals surface area contributed by atoms with Gasteiger partial charge in [0.25, 0.3) is 0 Å². The minimum atomic E-state index is -0.980. The van der Waals surface area contributed by atoms with Crippen LogP contribution in [0, 0.1) is 0 Å². The Kier molecular flexibility index (Phi) is 6.43. The van der Waals surface area contributed by atoms with Gasteiger partial charge in [0, 0.05) is 13.0 Å². The van der Waals surface area contributed by atoms with E-state index in [1.807, 2.05) is 0 Å². The van der Waals surface area contributed by atoms with Gasteiger partial charge >= 0.3 is 5.97 Å². The number of nitrogens with one attached hydrogen (secondary N) is 1. The summed E-state index contributed by atoms with van der Waals surface area (Å²) in [4.78, 5) is 22.3. The largest absolute Gasteiger partial charge is 0.466 e. The molecule has 0 aromatic heterocycles. The third kappa shape index (κ3) is 4.57. The summed E-state index contributed by atoms with van der Waals surface area (Å²) in [5.74, 6) is -0.829. The Labute approximate surface area is 94.0 Å². The maximum Gasteiger partial charge on any atom is 0.313 e. The molecule has 0 amide bonds. The quantitative estimate of drug-likeness (QED) is 0.578. The lowest BCUT2D eigenvalue weighted by Crippen LogP contribution is -2.32. The normalized spacial score (nSPS) is 24.4. The maximum absolute atomic E-state index is 12.7. The van der Waals surface area contributed by atoms with Crippen LogP contribution >= 0.6 is 12.4 Å². The molecule has 1 rings (SSSR count). The van der Waals surface area contributed by atoms with E-state index in [1.54, 1.807) is 6.92 Å². The van der Waals surface area contributed by atoms with Crippen molar-refractivity contribution < 1.29 is 18.7 Å². The molecule has 1 N–H and O–H groups in total. The molecule has 1 aliphatic heterocycles. The number of esters is 1. The Morgan fingerprint density at radius 2 is 2.20 bits per heavy atom. The summed E-state index contributed by atoms with van der Waals surface area (Å²) in [6.07, 6.45) is -1.08. The van der Waals surface area contributed by atoms with E-state index in [2.05, 4.69) is 10.1 Å². The van der Waals surface area contributed by atoms with Crippen molar-refractivity contribution in [3.8, 4) is 0 Å². The lowest BCUT2D eigenvalue weighted by molar-refractivity contribution is -0.145. The number of ketones is 1.